The van der Waals surface area contributed by atoms with E-state index in [9.17, 15) is 0 Å². The zero-order valence-electron chi connectivity index (χ0n) is 6.50. The van der Waals surface area contributed by atoms with E-state index >= 15 is 0 Å². The molecule has 11 heavy (non-hydrogen) atoms. The average Bonchev–Trinajstić information content (AvgIpc) is 2.46. The van der Waals surface area contributed by atoms with Crippen LogP contribution in [-0.2, 0) is 6.54 Å². The molecule has 2 heterocycles. The van der Waals surface area contributed by atoms with Gasteiger partial charge in [-0.2, -0.15) is 0 Å². The summed E-state index contributed by atoms with van der Waals surface area (Å²) >= 11 is 0. The number of nitrogens with one attached hydrogen (secondary N) is 1. The average molecular weight is 153 g/mol. The van der Waals surface area contributed by atoms with Gasteiger partial charge in [0.25, 0.3) is 0 Å². The predicted octanol–water partition coefficient (Wildman–Crippen LogP) is 0.707. The number of methoxy groups -OCH3 is 1. The number of fused-ring (bicyclic) bond motifs is 1. The van der Waals surface area contributed by atoms with Crippen LogP contribution in [0, 0.1) is 0 Å². The van der Waals surface area contributed by atoms with Crippen molar-refractivity contribution >= 4 is 5.82 Å². The van der Waals surface area contributed by atoms with Gasteiger partial charge in [0.2, 0.25) is 5.88 Å². The Morgan fingerprint density at radius 1 is 1.73 bits per heavy atom. The van der Waals surface area contributed by atoms with E-state index < -0.39 is 0 Å². The Balaban J connectivity index is 2.32. The second-order valence-electron chi connectivity index (χ2n) is 2.58. The third-order valence-electron chi connectivity index (χ3n) is 1.82. The zero-order valence-corrected chi connectivity index (χ0v) is 6.50. The monoisotopic (exact) mass is 153 g/mol. The lowest BCUT2D eigenvalue weighted by atomic mass is 10.3. The van der Waals surface area contributed by atoms with Gasteiger partial charge >= 0.3 is 0 Å². The van der Waals surface area contributed by atoms with E-state index in [0.717, 1.165) is 25.3 Å². The van der Waals surface area contributed by atoms with Gasteiger partial charge in [-0.1, -0.05) is 0 Å². The Morgan fingerprint density at radius 3 is 3.36 bits per heavy atom. The summed E-state index contributed by atoms with van der Waals surface area (Å²) in [5.74, 6) is 1.75. The van der Waals surface area contributed by atoms with Crippen molar-refractivity contribution in [2.24, 2.45) is 0 Å². The number of aromatic nitrogens is 2. The topological polar surface area (TPSA) is 39.1 Å². The second kappa shape index (κ2) is 2.45. The van der Waals surface area contributed by atoms with Crippen LogP contribution in [0.3, 0.4) is 0 Å². The lowest BCUT2D eigenvalue weighted by Crippen LogP contribution is -2.17. The maximum Gasteiger partial charge on any atom is 0.234 e. The van der Waals surface area contributed by atoms with Gasteiger partial charge in [0, 0.05) is 19.2 Å². The minimum Gasteiger partial charge on any atom is -0.480 e. The SMILES string of the molecule is COc1cc2n(n1)CCCN2. The molecule has 1 aromatic rings. The number of anilines is 1. The molecular weight excluding hydrogens is 142 g/mol. The number of aryl methyl sites for hydroxylation is 1. The quantitative estimate of drug-likeness (QED) is 0.645. The highest BCUT2D eigenvalue weighted by Crippen LogP contribution is 2.19. The van der Waals surface area contributed by atoms with Crippen LogP contribution in [0.2, 0.25) is 0 Å². The summed E-state index contributed by atoms with van der Waals surface area (Å²) in [7, 11) is 1.63. The van der Waals surface area contributed by atoms with Crippen molar-refractivity contribution in [1.82, 2.24) is 9.78 Å². The molecule has 1 N–H and O–H groups in total. The molecule has 0 amide bonds. The molecular formula is C7H11N3O. The lowest BCUT2D eigenvalue weighted by molar-refractivity contribution is 0.387. The molecule has 4 nitrogen and oxygen atoms in total. The first-order chi connectivity index (χ1) is 5.40. The highest BCUT2D eigenvalue weighted by atomic mass is 16.5. The first-order valence-electron chi connectivity index (χ1n) is 3.76. The van der Waals surface area contributed by atoms with Gasteiger partial charge in [-0.3, -0.25) is 0 Å². The van der Waals surface area contributed by atoms with E-state index in [1.165, 1.54) is 0 Å². The smallest absolute Gasteiger partial charge is 0.234 e. The Bertz CT molecular complexity index is 233. The van der Waals surface area contributed by atoms with Gasteiger partial charge in [0.05, 0.1) is 7.11 Å². The van der Waals surface area contributed by atoms with Crippen molar-refractivity contribution in [1.29, 1.82) is 0 Å². The number of hydrogen-bond donors (Lipinski definition) is 1. The molecule has 0 aromatic carbocycles. The summed E-state index contributed by atoms with van der Waals surface area (Å²) in [6.45, 7) is 2.03. The predicted molar refractivity (Wildman–Crippen MR) is 41.9 cm³/mol. The van der Waals surface area contributed by atoms with Crippen LogP contribution in [0.15, 0.2) is 6.07 Å². The summed E-state index contributed by atoms with van der Waals surface area (Å²) in [5, 5.41) is 7.44. The molecule has 0 spiro atoms. The van der Waals surface area contributed by atoms with Gasteiger partial charge < -0.3 is 10.1 Å². The molecule has 1 aromatic heterocycles. The Labute approximate surface area is 65.2 Å². The van der Waals surface area contributed by atoms with Crippen LogP contribution >= 0.6 is 0 Å². The van der Waals surface area contributed by atoms with Crippen molar-refractivity contribution in [3.05, 3.63) is 6.07 Å². The minimum atomic E-state index is 0.689. The number of nitrogens with zero attached hydrogens (tertiary/aromatic N) is 2. The molecule has 0 fully saturated rings. The van der Waals surface area contributed by atoms with Crippen molar-refractivity contribution in [2.75, 3.05) is 19.0 Å². The molecule has 0 atom stereocenters. The Hall–Kier alpha value is -1.19. The van der Waals surface area contributed by atoms with Crippen LogP contribution in [-0.4, -0.2) is 23.4 Å². The zero-order chi connectivity index (χ0) is 7.68. The molecule has 0 saturated heterocycles. The molecule has 0 unspecified atom stereocenters. The fraction of sp³-hybridized carbons (Fsp3) is 0.571. The van der Waals surface area contributed by atoms with Gasteiger partial charge in [0.15, 0.2) is 0 Å². The third-order valence-corrected chi connectivity index (χ3v) is 1.82. The van der Waals surface area contributed by atoms with E-state index in [0.29, 0.717) is 5.88 Å². The number of ether oxygens (including phenoxy) is 1. The minimum absolute atomic E-state index is 0.689. The highest BCUT2D eigenvalue weighted by Gasteiger charge is 2.10. The molecule has 60 valence electrons. The fourth-order valence-corrected chi connectivity index (χ4v) is 1.25. The van der Waals surface area contributed by atoms with Crippen molar-refractivity contribution < 1.29 is 4.74 Å². The standard InChI is InChI=1S/C7H11N3O/c1-11-7-5-6-8-3-2-4-10(6)9-7/h5,8H,2-4H2,1H3. The third kappa shape index (κ3) is 1.04. The van der Waals surface area contributed by atoms with Gasteiger partial charge in [-0.05, 0) is 6.42 Å². The summed E-state index contributed by atoms with van der Waals surface area (Å²) in [6.07, 6.45) is 1.14. The normalized spacial score (nSPS) is 15.4. The Morgan fingerprint density at radius 2 is 2.64 bits per heavy atom. The van der Waals surface area contributed by atoms with Crippen molar-refractivity contribution in [3.8, 4) is 5.88 Å². The summed E-state index contributed by atoms with van der Waals surface area (Å²) in [5.41, 5.74) is 0. The first-order valence-corrected chi connectivity index (χ1v) is 3.76. The van der Waals surface area contributed by atoms with Crippen molar-refractivity contribution in [3.63, 3.8) is 0 Å². The molecule has 0 bridgehead atoms. The molecule has 1 aliphatic rings. The summed E-state index contributed by atoms with van der Waals surface area (Å²) in [6, 6.07) is 1.92. The molecule has 0 radical (unpaired) electrons. The van der Waals surface area contributed by atoms with Crippen LogP contribution in [0.1, 0.15) is 6.42 Å². The largest absolute Gasteiger partial charge is 0.480 e. The van der Waals surface area contributed by atoms with Crippen LogP contribution in [0.25, 0.3) is 0 Å². The number of rotatable bonds is 1. The van der Waals surface area contributed by atoms with E-state index in [2.05, 4.69) is 10.4 Å². The number of hydrogen-bond acceptors (Lipinski definition) is 3. The van der Waals surface area contributed by atoms with E-state index in [4.69, 9.17) is 4.74 Å². The molecule has 1 aliphatic heterocycles. The Kier molecular flexibility index (Phi) is 1.45. The lowest BCUT2D eigenvalue weighted by Gasteiger charge is -2.13. The van der Waals surface area contributed by atoms with Gasteiger partial charge in [-0.15, -0.1) is 5.10 Å². The van der Waals surface area contributed by atoms with E-state index in [1.807, 2.05) is 10.7 Å². The second-order valence-corrected chi connectivity index (χ2v) is 2.58. The van der Waals surface area contributed by atoms with Crippen molar-refractivity contribution in [2.45, 2.75) is 13.0 Å². The highest BCUT2D eigenvalue weighted by molar-refractivity contribution is 5.40. The molecule has 0 saturated carbocycles. The van der Waals surface area contributed by atoms with Crippen LogP contribution in [0.4, 0.5) is 5.82 Å². The maximum atomic E-state index is 5.00. The van der Waals surface area contributed by atoms with Crippen LogP contribution < -0.4 is 10.1 Å². The van der Waals surface area contributed by atoms with Crippen LogP contribution in [0.5, 0.6) is 5.88 Å². The van der Waals surface area contributed by atoms with E-state index in [-0.39, 0.29) is 0 Å². The van der Waals surface area contributed by atoms with Gasteiger partial charge in [0.1, 0.15) is 5.82 Å². The molecule has 0 aliphatic carbocycles. The maximum absolute atomic E-state index is 5.00. The summed E-state index contributed by atoms with van der Waals surface area (Å²) < 4.78 is 6.93. The molecule has 2 rings (SSSR count). The fourth-order valence-electron chi connectivity index (χ4n) is 1.25. The molecule has 4 heteroatoms. The summed E-state index contributed by atoms with van der Waals surface area (Å²) in [4.78, 5) is 0. The van der Waals surface area contributed by atoms with E-state index in [1.54, 1.807) is 7.11 Å². The first kappa shape index (κ1) is 6.52. The van der Waals surface area contributed by atoms with Gasteiger partial charge in [-0.25, -0.2) is 4.68 Å².